The van der Waals surface area contributed by atoms with Crippen LogP contribution >= 0.6 is 0 Å². The highest BCUT2D eigenvalue weighted by atomic mass is 19.4. The summed E-state index contributed by atoms with van der Waals surface area (Å²) in [7, 11) is 0. The number of carbonyl (C=O) groups excluding carboxylic acids is 2. The van der Waals surface area contributed by atoms with Crippen LogP contribution in [0.25, 0.3) is 0 Å². The number of nitrogens with zero attached hydrogens (tertiary/aromatic N) is 2. The molecular formula is C21H21F3N2O2. The maximum atomic E-state index is 13.1. The van der Waals surface area contributed by atoms with E-state index in [0.29, 0.717) is 24.4 Å². The van der Waals surface area contributed by atoms with Crippen molar-refractivity contribution in [3.63, 3.8) is 0 Å². The van der Waals surface area contributed by atoms with E-state index >= 15 is 0 Å². The van der Waals surface area contributed by atoms with E-state index in [2.05, 4.69) is 0 Å². The van der Waals surface area contributed by atoms with Gasteiger partial charge in [-0.05, 0) is 31.5 Å². The van der Waals surface area contributed by atoms with Crippen molar-refractivity contribution >= 4 is 11.6 Å². The van der Waals surface area contributed by atoms with E-state index in [1.165, 1.54) is 23.6 Å². The fourth-order valence-electron chi connectivity index (χ4n) is 3.59. The maximum absolute atomic E-state index is 13.1. The van der Waals surface area contributed by atoms with Crippen LogP contribution in [0.3, 0.4) is 0 Å². The molecule has 28 heavy (non-hydrogen) atoms. The summed E-state index contributed by atoms with van der Waals surface area (Å²) in [5.74, 6) is -2.59. The zero-order chi connectivity index (χ0) is 20.5. The van der Waals surface area contributed by atoms with Crippen molar-refractivity contribution in [1.82, 2.24) is 9.47 Å². The number of alkyl halides is 3. The lowest BCUT2D eigenvalue weighted by Crippen LogP contribution is -2.32. The minimum absolute atomic E-state index is 0.161. The topological polar surface area (TPSA) is 42.3 Å². The highest BCUT2D eigenvalue weighted by molar-refractivity contribution is 5.99. The number of likely N-dealkylation sites (N-methyl/N-ethyl adjacent to an activating group) is 1. The quantitative estimate of drug-likeness (QED) is 0.736. The van der Waals surface area contributed by atoms with Crippen molar-refractivity contribution in [2.24, 2.45) is 0 Å². The summed E-state index contributed by atoms with van der Waals surface area (Å²) in [5, 5.41) is 0. The predicted octanol–water partition coefficient (Wildman–Crippen LogP) is 4.17. The van der Waals surface area contributed by atoms with Gasteiger partial charge in [0.2, 0.25) is 0 Å². The molecule has 0 radical (unpaired) electrons. The number of carbonyl (C=O) groups is 2. The Morgan fingerprint density at radius 1 is 1.07 bits per heavy atom. The van der Waals surface area contributed by atoms with Gasteiger partial charge in [0, 0.05) is 37.1 Å². The molecule has 1 unspecified atom stereocenters. The Balaban J connectivity index is 2.24. The lowest BCUT2D eigenvalue weighted by atomic mass is 9.86. The van der Waals surface area contributed by atoms with Crippen LogP contribution in [0.1, 0.15) is 41.5 Å². The lowest BCUT2D eigenvalue weighted by Gasteiger charge is -2.30. The van der Waals surface area contributed by atoms with Gasteiger partial charge in [0.05, 0.1) is 11.6 Å². The summed E-state index contributed by atoms with van der Waals surface area (Å²) in [4.78, 5) is 26.3. The minimum atomic E-state index is -4.95. The van der Waals surface area contributed by atoms with Gasteiger partial charge in [-0.3, -0.25) is 9.59 Å². The summed E-state index contributed by atoms with van der Waals surface area (Å²) >= 11 is 0. The van der Waals surface area contributed by atoms with Crippen LogP contribution in [0.4, 0.5) is 13.2 Å². The van der Waals surface area contributed by atoms with Gasteiger partial charge in [-0.1, -0.05) is 30.3 Å². The Bertz CT molecular complexity index is 913. The fourth-order valence-corrected chi connectivity index (χ4v) is 3.59. The maximum Gasteiger partial charge on any atom is 0.456 e. The van der Waals surface area contributed by atoms with Crippen molar-refractivity contribution in [3.05, 3.63) is 71.2 Å². The first-order valence-corrected chi connectivity index (χ1v) is 9.06. The fraction of sp³-hybridized carbons (Fsp3) is 0.333. The van der Waals surface area contributed by atoms with E-state index in [4.69, 9.17) is 0 Å². The van der Waals surface area contributed by atoms with Crippen molar-refractivity contribution in [2.75, 3.05) is 13.1 Å². The Hall–Kier alpha value is -2.83. The molecule has 0 saturated heterocycles. The molecule has 1 aromatic carbocycles. The molecule has 2 heterocycles. The van der Waals surface area contributed by atoms with Crippen LogP contribution in [-0.4, -0.2) is 40.3 Å². The second kappa shape index (κ2) is 7.66. The van der Waals surface area contributed by atoms with Crippen molar-refractivity contribution in [1.29, 1.82) is 0 Å². The molecule has 0 aliphatic carbocycles. The Labute approximate surface area is 161 Å². The van der Waals surface area contributed by atoms with E-state index in [1.54, 1.807) is 6.20 Å². The number of halogens is 3. The molecule has 1 aliphatic rings. The van der Waals surface area contributed by atoms with Crippen LogP contribution in [0.2, 0.25) is 0 Å². The Morgan fingerprint density at radius 2 is 1.75 bits per heavy atom. The van der Waals surface area contributed by atoms with Crippen molar-refractivity contribution < 1.29 is 22.8 Å². The van der Waals surface area contributed by atoms with E-state index in [9.17, 15) is 22.8 Å². The third-order valence-electron chi connectivity index (χ3n) is 4.99. The Morgan fingerprint density at radius 3 is 2.32 bits per heavy atom. The lowest BCUT2D eigenvalue weighted by molar-refractivity contribution is -0.113. The van der Waals surface area contributed by atoms with Gasteiger partial charge in [0.25, 0.3) is 5.78 Å². The van der Waals surface area contributed by atoms with Crippen LogP contribution in [0, 0.1) is 0 Å². The number of hydrogen-bond acceptors (Lipinski definition) is 3. The number of rotatable bonds is 4. The number of fused-ring (bicyclic) bond motifs is 1. The molecule has 0 saturated carbocycles. The first-order chi connectivity index (χ1) is 13.2. The molecule has 3 rings (SSSR count). The van der Waals surface area contributed by atoms with E-state index in [1.807, 2.05) is 42.2 Å². The average Bonchev–Trinajstić information content (AvgIpc) is 3.03. The van der Waals surface area contributed by atoms with Gasteiger partial charge in [-0.25, -0.2) is 0 Å². The zero-order valence-corrected chi connectivity index (χ0v) is 15.7. The number of benzene rings is 1. The molecule has 7 heteroatoms. The van der Waals surface area contributed by atoms with Crippen LogP contribution in [0.5, 0.6) is 0 Å². The van der Waals surface area contributed by atoms with E-state index in [0.717, 1.165) is 5.56 Å². The van der Waals surface area contributed by atoms with Crippen LogP contribution in [-0.2, 0) is 11.3 Å². The minimum Gasteiger partial charge on any atom is -0.375 e. The van der Waals surface area contributed by atoms with Gasteiger partial charge < -0.3 is 9.47 Å². The monoisotopic (exact) mass is 390 g/mol. The second-order valence-corrected chi connectivity index (χ2v) is 6.73. The molecule has 0 N–H and O–H groups in total. The summed E-state index contributed by atoms with van der Waals surface area (Å²) in [6.07, 6.45) is -3.16. The third-order valence-corrected chi connectivity index (χ3v) is 4.99. The molecule has 1 atom stereocenters. The summed E-state index contributed by atoms with van der Waals surface area (Å²) < 4.78 is 40.7. The molecule has 1 aliphatic heterocycles. The van der Waals surface area contributed by atoms with Crippen LogP contribution < -0.4 is 0 Å². The van der Waals surface area contributed by atoms with Crippen LogP contribution in [0.15, 0.2) is 54.2 Å². The van der Waals surface area contributed by atoms with Gasteiger partial charge in [0.1, 0.15) is 0 Å². The second-order valence-electron chi connectivity index (χ2n) is 6.73. The number of ketones is 2. The summed E-state index contributed by atoms with van der Waals surface area (Å²) in [6, 6.07) is 11.9. The predicted molar refractivity (Wildman–Crippen MR) is 99.1 cm³/mol. The Kier molecular flexibility index (Phi) is 5.45. The molecule has 2 aromatic rings. The van der Waals surface area contributed by atoms with Crippen molar-refractivity contribution in [3.8, 4) is 0 Å². The van der Waals surface area contributed by atoms with Gasteiger partial charge in [0.15, 0.2) is 5.78 Å². The number of aromatic nitrogens is 1. The SMILES string of the molecule is CCN1/C=C(/C(C)=O)C(c2ccccc2)c2ccc(C(=O)C(F)(F)F)n2CC1. The average molecular weight is 390 g/mol. The number of Topliss-reactive ketones (excluding diaryl/α,β-unsaturated/α-hetero) is 2. The summed E-state index contributed by atoms with van der Waals surface area (Å²) in [6.45, 7) is 4.57. The smallest absolute Gasteiger partial charge is 0.375 e. The van der Waals surface area contributed by atoms with E-state index in [-0.39, 0.29) is 12.3 Å². The number of hydrogen-bond donors (Lipinski definition) is 0. The largest absolute Gasteiger partial charge is 0.456 e. The molecule has 0 amide bonds. The molecule has 0 bridgehead atoms. The third kappa shape index (κ3) is 3.74. The van der Waals surface area contributed by atoms with Gasteiger partial charge in [-0.2, -0.15) is 13.2 Å². The molecule has 1 aromatic heterocycles. The molecular weight excluding hydrogens is 369 g/mol. The molecule has 148 valence electrons. The first-order valence-electron chi connectivity index (χ1n) is 9.06. The molecule has 0 fully saturated rings. The number of allylic oxidation sites excluding steroid dienone is 1. The zero-order valence-electron chi connectivity index (χ0n) is 15.7. The molecule has 0 spiro atoms. The summed E-state index contributed by atoms with van der Waals surface area (Å²) in [5.41, 5.74) is 1.38. The van der Waals surface area contributed by atoms with Gasteiger partial charge in [-0.15, -0.1) is 0 Å². The first kappa shape index (κ1) is 19.9. The standard InChI is InChI=1S/C21H21F3N2O2/c1-3-25-11-12-26-17(9-10-18(26)20(28)21(22,23)24)19(16(13-25)14(2)27)15-7-5-4-6-8-15/h4-10,13,19H,3,11-12H2,1-2H3/b16-13-. The highest BCUT2D eigenvalue weighted by Gasteiger charge is 2.42. The molecule has 4 nitrogen and oxygen atoms in total. The normalized spacial score (nSPS) is 19.2. The highest BCUT2D eigenvalue weighted by Crippen LogP contribution is 2.36. The van der Waals surface area contributed by atoms with Crippen molar-refractivity contribution in [2.45, 2.75) is 32.5 Å². The van der Waals surface area contributed by atoms with Gasteiger partial charge >= 0.3 is 6.18 Å². The van der Waals surface area contributed by atoms with E-state index < -0.39 is 23.6 Å².